The van der Waals surface area contributed by atoms with E-state index in [2.05, 4.69) is 10.00 Å². The normalized spacial score (nSPS) is 13.9. The third kappa shape index (κ3) is 9.01. The van der Waals surface area contributed by atoms with Crippen LogP contribution in [-0.4, -0.2) is 58.3 Å². The minimum absolute atomic E-state index is 0.175. The summed E-state index contributed by atoms with van der Waals surface area (Å²) in [6.07, 6.45) is 3.35. The van der Waals surface area contributed by atoms with E-state index < -0.39 is 29.6 Å². The number of hydroxylamine groups is 2. The van der Waals surface area contributed by atoms with E-state index in [1.165, 1.54) is 0 Å². The molecule has 2 aromatic carbocycles. The van der Waals surface area contributed by atoms with E-state index in [1.807, 2.05) is 77.8 Å². The van der Waals surface area contributed by atoms with E-state index >= 15 is 0 Å². The molecular formula is C34H43N4O7+. The average Bonchev–Trinajstić information content (AvgIpc) is 3.43. The number of hydrogen-bond donors (Lipinski definition) is 1. The first-order valence-electron chi connectivity index (χ1n) is 15.0. The Balaban J connectivity index is 1.36. The van der Waals surface area contributed by atoms with Crippen LogP contribution in [-0.2, 0) is 28.0 Å². The SMILES string of the molecule is C[n+]1cc(-c2ccc(OCC(ON3C(=O)c4ccccc4C3=O)C(=O)CC(C)(C)C)cc2)cn1CCCNC(=O)OC(C)(C)C. The van der Waals surface area contributed by atoms with Crippen molar-refractivity contribution < 1.29 is 38.2 Å². The average molecular weight is 620 g/mol. The molecule has 0 saturated carbocycles. The molecule has 0 radical (unpaired) electrons. The van der Waals surface area contributed by atoms with Crippen LogP contribution >= 0.6 is 0 Å². The van der Waals surface area contributed by atoms with Gasteiger partial charge in [-0.3, -0.25) is 14.4 Å². The van der Waals surface area contributed by atoms with Gasteiger partial charge in [-0.15, -0.1) is 9.75 Å². The summed E-state index contributed by atoms with van der Waals surface area (Å²) in [7, 11) is 1.95. The number of amides is 3. The molecule has 240 valence electrons. The number of imide groups is 1. The van der Waals surface area contributed by atoms with Gasteiger partial charge in [-0.1, -0.05) is 45.0 Å². The fourth-order valence-electron chi connectivity index (χ4n) is 4.80. The molecule has 4 rings (SSSR count). The van der Waals surface area contributed by atoms with Crippen LogP contribution in [0.2, 0.25) is 0 Å². The zero-order valence-electron chi connectivity index (χ0n) is 27.1. The second-order valence-corrected chi connectivity index (χ2v) is 13.3. The molecule has 0 fully saturated rings. The monoisotopic (exact) mass is 619 g/mol. The van der Waals surface area contributed by atoms with Gasteiger partial charge in [0.2, 0.25) is 6.20 Å². The first-order chi connectivity index (χ1) is 21.1. The number of nitrogens with zero attached hydrogens (tertiary/aromatic N) is 3. The number of nitrogens with one attached hydrogen (secondary N) is 1. The number of aryl methyl sites for hydroxylation is 2. The summed E-state index contributed by atoms with van der Waals surface area (Å²) in [5, 5.41) is 3.44. The molecule has 1 unspecified atom stereocenters. The Hall–Kier alpha value is -4.51. The standard InChI is InChI=1S/C34H42N4O7/c1-33(2,3)19-28(39)29(45-38-30(40)26-11-8-9-12-27(26)31(38)41)22-43-25-15-13-23(14-16-25)24-20-36(7)37(21-24)18-10-17-35-32(42)44-34(4,5)6/h8-9,11-16,20-21,29H,10,17-19,22H2,1-7H3/p+1. The van der Waals surface area contributed by atoms with Crippen molar-refractivity contribution in [2.45, 2.75) is 72.6 Å². The molecule has 11 nitrogen and oxygen atoms in total. The number of hydrogen-bond acceptors (Lipinski definition) is 7. The van der Waals surface area contributed by atoms with Crippen LogP contribution < -0.4 is 14.7 Å². The van der Waals surface area contributed by atoms with Gasteiger partial charge in [0.25, 0.3) is 11.8 Å². The predicted molar refractivity (Wildman–Crippen MR) is 166 cm³/mol. The molecule has 1 N–H and O–H groups in total. The number of rotatable bonds is 12. The van der Waals surface area contributed by atoms with Gasteiger partial charge in [-0.25, -0.2) is 9.63 Å². The van der Waals surface area contributed by atoms with Crippen LogP contribution in [0.4, 0.5) is 4.79 Å². The van der Waals surface area contributed by atoms with Crippen molar-refractivity contribution in [2.24, 2.45) is 12.5 Å². The Bertz CT molecular complexity index is 1510. The lowest BCUT2D eigenvalue weighted by Crippen LogP contribution is -2.42. The molecule has 45 heavy (non-hydrogen) atoms. The summed E-state index contributed by atoms with van der Waals surface area (Å²) in [6, 6.07) is 13.9. The number of Topliss-reactive ketones (excluding diaryl/α,β-unsaturated/α-hetero) is 1. The zero-order valence-corrected chi connectivity index (χ0v) is 27.1. The third-order valence-electron chi connectivity index (χ3n) is 6.89. The number of ketones is 1. The number of ether oxygens (including phenoxy) is 2. The highest BCUT2D eigenvalue weighted by atomic mass is 16.7. The summed E-state index contributed by atoms with van der Waals surface area (Å²) in [4.78, 5) is 56.6. The van der Waals surface area contributed by atoms with Gasteiger partial charge in [0.15, 0.2) is 18.9 Å². The van der Waals surface area contributed by atoms with Crippen LogP contribution in [0.25, 0.3) is 11.1 Å². The van der Waals surface area contributed by atoms with E-state index in [1.54, 1.807) is 36.4 Å². The van der Waals surface area contributed by atoms with E-state index in [9.17, 15) is 19.2 Å². The molecule has 0 saturated heterocycles. The van der Waals surface area contributed by atoms with Crippen LogP contribution in [0.1, 0.15) is 75.1 Å². The maximum atomic E-state index is 13.2. The quantitative estimate of drug-likeness (QED) is 0.174. The van der Waals surface area contributed by atoms with E-state index in [-0.39, 0.29) is 35.4 Å². The highest BCUT2D eigenvalue weighted by Crippen LogP contribution is 2.27. The van der Waals surface area contributed by atoms with Crippen molar-refractivity contribution in [2.75, 3.05) is 13.2 Å². The van der Waals surface area contributed by atoms with Crippen molar-refractivity contribution in [3.8, 4) is 16.9 Å². The Morgan fingerprint density at radius 2 is 1.53 bits per heavy atom. The number of carbonyl (C=O) groups excluding carboxylic acids is 4. The van der Waals surface area contributed by atoms with Gasteiger partial charge >= 0.3 is 6.09 Å². The number of alkyl carbamates (subject to hydrolysis) is 1. The van der Waals surface area contributed by atoms with Gasteiger partial charge in [0.1, 0.15) is 18.0 Å². The summed E-state index contributed by atoms with van der Waals surface area (Å²) in [5.74, 6) is -0.970. The molecule has 0 bridgehead atoms. The summed E-state index contributed by atoms with van der Waals surface area (Å²) in [5.41, 5.74) is 1.57. The van der Waals surface area contributed by atoms with Gasteiger partial charge in [-0.2, -0.15) is 4.68 Å². The molecule has 2 heterocycles. The van der Waals surface area contributed by atoms with Crippen molar-refractivity contribution in [3.05, 3.63) is 72.1 Å². The number of fused-ring (bicyclic) bond motifs is 1. The Kier molecular flexibility index (Phi) is 10.1. The Morgan fingerprint density at radius 1 is 0.911 bits per heavy atom. The molecule has 0 spiro atoms. The maximum Gasteiger partial charge on any atom is 0.407 e. The van der Waals surface area contributed by atoms with Crippen molar-refractivity contribution in [1.82, 2.24) is 15.1 Å². The zero-order chi connectivity index (χ0) is 32.9. The Labute approximate surface area is 264 Å². The lowest BCUT2D eigenvalue weighted by molar-refractivity contribution is -0.753. The van der Waals surface area contributed by atoms with E-state index in [0.29, 0.717) is 23.9 Å². The number of aromatic nitrogens is 2. The predicted octanol–water partition coefficient (Wildman–Crippen LogP) is 4.87. The van der Waals surface area contributed by atoms with Crippen molar-refractivity contribution >= 4 is 23.7 Å². The van der Waals surface area contributed by atoms with Gasteiger partial charge in [0.05, 0.1) is 29.4 Å². The second kappa shape index (κ2) is 13.6. The van der Waals surface area contributed by atoms with Crippen molar-refractivity contribution in [3.63, 3.8) is 0 Å². The highest BCUT2D eigenvalue weighted by Gasteiger charge is 2.40. The van der Waals surface area contributed by atoms with Crippen LogP contribution in [0.5, 0.6) is 5.75 Å². The minimum Gasteiger partial charge on any atom is -0.490 e. The van der Waals surface area contributed by atoms with Crippen LogP contribution in [0, 0.1) is 5.41 Å². The molecule has 3 aromatic rings. The van der Waals surface area contributed by atoms with Crippen LogP contribution in [0.15, 0.2) is 60.9 Å². The molecule has 1 atom stereocenters. The lowest BCUT2D eigenvalue weighted by Gasteiger charge is -2.25. The second-order valence-electron chi connectivity index (χ2n) is 13.3. The van der Waals surface area contributed by atoms with Gasteiger partial charge in [0, 0.05) is 13.0 Å². The molecule has 11 heteroatoms. The van der Waals surface area contributed by atoms with Crippen molar-refractivity contribution in [1.29, 1.82) is 0 Å². The fourth-order valence-corrected chi connectivity index (χ4v) is 4.80. The van der Waals surface area contributed by atoms with E-state index in [0.717, 1.165) is 17.5 Å². The first-order valence-corrected chi connectivity index (χ1v) is 15.0. The topological polar surface area (TPSA) is 120 Å². The maximum absolute atomic E-state index is 13.2. The fraction of sp³-hybridized carbons (Fsp3) is 0.441. The Morgan fingerprint density at radius 3 is 2.11 bits per heavy atom. The van der Waals surface area contributed by atoms with E-state index in [4.69, 9.17) is 14.3 Å². The summed E-state index contributed by atoms with van der Waals surface area (Å²) < 4.78 is 15.3. The molecule has 0 aliphatic carbocycles. The first kappa shape index (κ1) is 33.4. The summed E-state index contributed by atoms with van der Waals surface area (Å²) in [6.45, 7) is 12.3. The van der Waals surface area contributed by atoms with Crippen LogP contribution in [0.3, 0.4) is 0 Å². The molecule has 1 aliphatic heterocycles. The molecule has 1 aromatic heterocycles. The van der Waals surface area contributed by atoms with Gasteiger partial charge in [-0.05, 0) is 62.4 Å². The number of benzene rings is 2. The third-order valence-corrected chi connectivity index (χ3v) is 6.89. The molecule has 1 aliphatic rings. The highest BCUT2D eigenvalue weighted by molar-refractivity contribution is 6.20. The molecule has 3 amide bonds. The lowest BCUT2D eigenvalue weighted by atomic mass is 9.88. The minimum atomic E-state index is -1.16. The largest absolute Gasteiger partial charge is 0.490 e. The summed E-state index contributed by atoms with van der Waals surface area (Å²) >= 11 is 0. The number of carbonyl (C=O) groups is 4. The molecular weight excluding hydrogens is 576 g/mol. The van der Waals surface area contributed by atoms with Gasteiger partial charge < -0.3 is 14.8 Å². The smallest absolute Gasteiger partial charge is 0.407 e.